The zero-order valence-electron chi connectivity index (χ0n) is 10.4. The molecule has 0 radical (unpaired) electrons. The molecule has 2 heteroatoms. The van der Waals surface area contributed by atoms with Crippen molar-refractivity contribution in [3.8, 4) is 5.75 Å². The smallest absolute Gasteiger partial charge is 0.119 e. The molecule has 1 aliphatic rings. The topological polar surface area (TPSA) is 21.3 Å². The Kier molecular flexibility index (Phi) is 3.49. The van der Waals surface area contributed by atoms with Gasteiger partial charge in [0.15, 0.2) is 0 Å². The summed E-state index contributed by atoms with van der Waals surface area (Å²) in [4.78, 5) is 0. The molecule has 0 spiro atoms. The van der Waals surface area contributed by atoms with Gasteiger partial charge in [-0.3, -0.25) is 0 Å². The molecule has 0 bridgehead atoms. The first-order valence-electron chi connectivity index (χ1n) is 6.14. The Morgan fingerprint density at radius 2 is 2.25 bits per heavy atom. The van der Waals surface area contributed by atoms with Crippen LogP contribution in [0.15, 0.2) is 18.2 Å². The van der Waals surface area contributed by atoms with Gasteiger partial charge in [0.1, 0.15) is 5.75 Å². The van der Waals surface area contributed by atoms with Crippen molar-refractivity contribution in [2.45, 2.75) is 32.7 Å². The molecule has 0 aromatic heterocycles. The monoisotopic (exact) mass is 219 g/mol. The number of aryl methyl sites for hydroxylation is 1. The predicted octanol–water partition coefficient (Wildman–Crippen LogP) is 2.93. The Balaban J connectivity index is 2.26. The minimum Gasteiger partial charge on any atom is -0.497 e. The van der Waals surface area contributed by atoms with Gasteiger partial charge in [-0.1, -0.05) is 19.9 Å². The second kappa shape index (κ2) is 4.88. The lowest BCUT2D eigenvalue weighted by molar-refractivity contribution is 0.414. The third-order valence-electron chi connectivity index (χ3n) is 3.46. The van der Waals surface area contributed by atoms with E-state index in [9.17, 15) is 0 Å². The summed E-state index contributed by atoms with van der Waals surface area (Å²) in [6.07, 6.45) is 2.32. The third-order valence-corrected chi connectivity index (χ3v) is 3.46. The number of hydrogen-bond donors (Lipinski definition) is 1. The largest absolute Gasteiger partial charge is 0.497 e. The van der Waals surface area contributed by atoms with Crippen LogP contribution < -0.4 is 10.1 Å². The quantitative estimate of drug-likeness (QED) is 0.844. The molecule has 0 aliphatic carbocycles. The molecule has 1 aromatic rings. The Morgan fingerprint density at radius 3 is 2.81 bits per heavy atom. The SMILES string of the molecule is CCc1cc(OC)ccc1[C@@H]1C[C@@H](C)CN1. The zero-order chi connectivity index (χ0) is 11.5. The van der Waals surface area contributed by atoms with E-state index in [1.165, 1.54) is 17.5 Å². The molecule has 2 nitrogen and oxygen atoms in total. The summed E-state index contributed by atoms with van der Waals surface area (Å²) in [5.41, 5.74) is 2.86. The molecule has 2 atom stereocenters. The lowest BCUT2D eigenvalue weighted by Crippen LogP contribution is -2.15. The van der Waals surface area contributed by atoms with Crippen molar-refractivity contribution in [2.75, 3.05) is 13.7 Å². The lowest BCUT2D eigenvalue weighted by atomic mass is 9.95. The van der Waals surface area contributed by atoms with Crippen molar-refractivity contribution in [3.05, 3.63) is 29.3 Å². The van der Waals surface area contributed by atoms with Gasteiger partial charge >= 0.3 is 0 Å². The van der Waals surface area contributed by atoms with Crippen LogP contribution >= 0.6 is 0 Å². The van der Waals surface area contributed by atoms with Crippen molar-refractivity contribution < 1.29 is 4.74 Å². The Morgan fingerprint density at radius 1 is 1.44 bits per heavy atom. The van der Waals surface area contributed by atoms with Crippen LogP contribution in [0.2, 0.25) is 0 Å². The molecule has 1 aromatic carbocycles. The molecule has 0 unspecified atom stereocenters. The molecule has 0 saturated carbocycles. The van der Waals surface area contributed by atoms with Crippen LogP contribution in [0.1, 0.15) is 37.4 Å². The van der Waals surface area contributed by atoms with Crippen molar-refractivity contribution in [1.82, 2.24) is 5.32 Å². The first-order chi connectivity index (χ1) is 7.74. The lowest BCUT2D eigenvalue weighted by Gasteiger charge is -2.16. The molecule has 1 N–H and O–H groups in total. The van der Waals surface area contributed by atoms with E-state index in [1.807, 2.05) is 0 Å². The van der Waals surface area contributed by atoms with Gasteiger partial charge in [-0.05, 0) is 48.6 Å². The minimum absolute atomic E-state index is 0.538. The number of nitrogens with one attached hydrogen (secondary N) is 1. The van der Waals surface area contributed by atoms with Gasteiger partial charge in [0.25, 0.3) is 0 Å². The fourth-order valence-electron chi connectivity index (χ4n) is 2.50. The van der Waals surface area contributed by atoms with Gasteiger partial charge in [0, 0.05) is 6.04 Å². The van der Waals surface area contributed by atoms with Crippen LogP contribution in [0.5, 0.6) is 5.75 Å². The van der Waals surface area contributed by atoms with Crippen molar-refractivity contribution >= 4 is 0 Å². The maximum atomic E-state index is 5.28. The summed E-state index contributed by atoms with van der Waals surface area (Å²) in [6, 6.07) is 6.99. The average Bonchev–Trinajstić information content (AvgIpc) is 2.74. The van der Waals surface area contributed by atoms with E-state index in [4.69, 9.17) is 4.74 Å². The number of ether oxygens (including phenoxy) is 1. The van der Waals surface area contributed by atoms with Gasteiger partial charge < -0.3 is 10.1 Å². The number of hydrogen-bond acceptors (Lipinski definition) is 2. The van der Waals surface area contributed by atoms with E-state index < -0.39 is 0 Å². The summed E-state index contributed by atoms with van der Waals surface area (Å²) < 4.78 is 5.28. The van der Waals surface area contributed by atoms with Gasteiger partial charge in [-0.15, -0.1) is 0 Å². The first kappa shape index (κ1) is 11.5. The normalized spacial score (nSPS) is 24.7. The molecular formula is C14H21NO. The minimum atomic E-state index is 0.538. The van der Waals surface area contributed by atoms with E-state index in [0.717, 1.165) is 24.6 Å². The Bertz CT molecular complexity index is 362. The van der Waals surface area contributed by atoms with Gasteiger partial charge in [0.2, 0.25) is 0 Å². The van der Waals surface area contributed by atoms with E-state index in [2.05, 4.69) is 37.4 Å². The fourth-order valence-corrected chi connectivity index (χ4v) is 2.50. The van der Waals surface area contributed by atoms with E-state index in [0.29, 0.717) is 6.04 Å². The summed E-state index contributed by atoms with van der Waals surface area (Å²) in [6.45, 7) is 5.65. The number of benzene rings is 1. The summed E-state index contributed by atoms with van der Waals surface area (Å²) in [7, 11) is 1.73. The summed E-state index contributed by atoms with van der Waals surface area (Å²) in [5, 5.41) is 3.59. The van der Waals surface area contributed by atoms with Crippen molar-refractivity contribution in [2.24, 2.45) is 5.92 Å². The molecular weight excluding hydrogens is 198 g/mol. The maximum absolute atomic E-state index is 5.28. The van der Waals surface area contributed by atoms with E-state index in [1.54, 1.807) is 7.11 Å². The Labute approximate surface area is 98.0 Å². The van der Waals surface area contributed by atoms with Crippen LogP contribution in [0.4, 0.5) is 0 Å². The van der Waals surface area contributed by atoms with Crippen LogP contribution in [0.3, 0.4) is 0 Å². The highest BCUT2D eigenvalue weighted by Gasteiger charge is 2.23. The van der Waals surface area contributed by atoms with E-state index in [-0.39, 0.29) is 0 Å². The summed E-state index contributed by atoms with van der Waals surface area (Å²) in [5.74, 6) is 1.75. The maximum Gasteiger partial charge on any atom is 0.119 e. The predicted molar refractivity (Wildman–Crippen MR) is 66.9 cm³/mol. The van der Waals surface area contributed by atoms with Gasteiger partial charge in [-0.2, -0.15) is 0 Å². The number of methoxy groups -OCH3 is 1. The van der Waals surface area contributed by atoms with Crippen molar-refractivity contribution in [1.29, 1.82) is 0 Å². The highest BCUT2D eigenvalue weighted by Crippen LogP contribution is 2.31. The molecule has 16 heavy (non-hydrogen) atoms. The van der Waals surface area contributed by atoms with E-state index >= 15 is 0 Å². The standard InChI is InChI=1S/C14H21NO/c1-4-11-8-12(16-3)5-6-13(11)14-7-10(2)9-15-14/h5-6,8,10,14-15H,4,7,9H2,1-3H3/t10-,14+/m1/s1. The fraction of sp³-hybridized carbons (Fsp3) is 0.571. The Hall–Kier alpha value is -1.02. The summed E-state index contributed by atoms with van der Waals surface area (Å²) >= 11 is 0. The number of rotatable bonds is 3. The highest BCUT2D eigenvalue weighted by molar-refractivity contribution is 5.38. The van der Waals surface area contributed by atoms with Crippen LogP contribution in [-0.4, -0.2) is 13.7 Å². The van der Waals surface area contributed by atoms with Gasteiger partial charge in [-0.25, -0.2) is 0 Å². The average molecular weight is 219 g/mol. The molecule has 1 heterocycles. The zero-order valence-corrected chi connectivity index (χ0v) is 10.4. The second-order valence-electron chi connectivity index (χ2n) is 4.72. The highest BCUT2D eigenvalue weighted by atomic mass is 16.5. The van der Waals surface area contributed by atoms with Crippen LogP contribution in [0, 0.1) is 5.92 Å². The van der Waals surface area contributed by atoms with Crippen molar-refractivity contribution in [3.63, 3.8) is 0 Å². The van der Waals surface area contributed by atoms with Gasteiger partial charge in [0.05, 0.1) is 7.11 Å². The molecule has 1 aliphatic heterocycles. The molecule has 1 fully saturated rings. The molecule has 0 amide bonds. The first-order valence-corrected chi connectivity index (χ1v) is 6.14. The molecule has 1 saturated heterocycles. The molecule has 88 valence electrons. The third kappa shape index (κ3) is 2.22. The van der Waals surface area contributed by atoms with Crippen LogP contribution in [0.25, 0.3) is 0 Å². The molecule has 2 rings (SSSR count). The van der Waals surface area contributed by atoms with Crippen LogP contribution in [-0.2, 0) is 6.42 Å². The second-order valence-corrected chi connectivity index (χ2v) is 4.72.